The molecule has 7 heteroatoms. The minimum Gasteiger partial charge on any atom is -0.321 e. The molecule has 1 aliphatic rings. The Morgan fingerprint density at radius 1 is 0.800 bits per heavy atom. The summed E-state index contributed by atoms with van der Waals surface area (Å²) >= 11 is 1.59. The van der Waals surface area contributed by atoms with Gasteiger partial charge in [0.2, 0.25) is 5.82 Å². The number of thiazole rings is 1. The van der Waals surface area contributed by atoms with Crippen LogP contribution in [0.3, 0.4) is 0 Å². The summed E-state index contributed by atoms with van der Waals surface area (Å²) in [6.45, 7) is 0. The second-order valence-electron chi connectivity index (χ2n) is 9.12. The molecule has 1 saturated carbocycles. The van der Waals surface area contributed by atoms with Crippen molar-refractivity contribution in [2.45, 2.75) is 24.8 Å². The van der Waals surface area contributed by atoms with Gasteiger partial charge < -0.3 is 5.73 Å². The van der Waals surface area contributed by atoms with E-state index in [2.05, 4.69) is 42.5 Å². The first-order chi connectivity index (χ1) is 17.2. The van der Waals surface area contributed by atoms with Gasteiger partial charge in [0.15, 0.2) is 5.01 Å². The Hall–Kier alpha value is -3.94. The average Bonchev–Trinajstić information content (AvgIpc) is 3.51. The molecular weight excluding hydrogens is 452 g/mol. The van der Waals surface area contributed by atoms with E-state index in [-0.39, 0.29) is 5.54 Å². The van der Waals surface area contributed by atoms with Crippen LogP contribution in [0.25, 0.3) is 49.2 Å². The summed E-state index contributed by atoms with van der Waals surface area (Å²) in [6, 6.07) is 26.9. The monoisotopic (exact) mass is 474 g/mol. The SMILES string of the molecule is NC1(c2ccc(-c3nc4nc(-c5nc6ccccc6s5)nn4cc3-c3ccccc3)cc2)CCC1. The Morgan fingerprint density at radius 2 is 1.57 bits per heavy atom. The van der Waals surface area contributed by atoms with Crippen molar-refractivity contribution in [1.82, 2.24) is 24.6 Å². The lowest BCUT2D eigenvalue weighted by Gasteiger charge is -2.38. The van der Waals surface area contributed by atoms with Gasteiger partial charge in [-0.05, 0) is 42.5 Å². The number of hydrogen-bond donors (Lipinski definition) is 1. The van der Waals surface area contributed by atoms with E-state index >= 15 is 0 Å². The highest BCUT2D eigenvalue weighted by Crippen LogP contribution is 2.40. The van der Waals surface area contributed by atoms with Gasteiger partial charge in [-0.3, -0.25) is 0 Å². The fourth-order valence-corrected chi connectivity index (χ4v) is 5.63. The Balaban J connectivity index is 1.37. The first kappa shape index (κ1) is 20.4. The predicted molar refractivity (Wildman–Crippen MR) is 140 cm³/mol. The summed E-state index contributed by atoms with van der Waals surface area (Å²) < 4.78 is 2.87. The molecular formula is C28H22N6S. The third kappa shape index (κ3) is 3.43. The van der Waals surface area contributed by atoms with E-state index in [4.69, 9.17) is 25.8 Å². The van der Waals surface area contributed by atoms with Crippen LogP contribution in [0.5, 0.6) is 0 Å². The maximum absolute atomic E-state index is 6.55. The Labute approximate surface area is 206 Å². The minimum atomic E-state index is -0.183. The van der Waals surface area contributed by atoms with Gasteiger partial charge in [0.1, 0.15) is 0 Å². The first-order valence-corrected chi connectivity index (χ1v) is 12.6. The number of hydrogen-bond acceptors (Lipinski definition) is 6. The maximum Gasteiger partial charge on any atom is 0.253 e. The molecule has 3 aromatic carbocycles. The molecule has 3 heterocycles. The molecule has 0 unspecified atom stereocenters. The lowest BCUT2D eigenvalue weighted by atomic mass is 9.72. The predicted octanol–water partition coefficient (Wildman–Crippen LogP) is 6.07. The number of rotatable bonds is 4. The van der Waals surface area contributed by atoms with E-state index in [0.717, 1.165) is 50.5 Å². The zero-order valence-corrected chi connectivity index (χ0v) is 19.7. The molecule has 0 aliphatic heterocycles. The van der Waals surface area contributed by atoms with E-state index < -0.39 is 0 Å². The number of para-hydroxylation sites is 1. The molecule has 6 aromatic rings. The number of nitrogens with zero attached hydrogens (tertiary/aromatic N) is 5. The highest BCUT2D eigenvalue weighted by molar-refractivity contribution is 7.21. The summed E-state index contributed by atoms with van der Waals surface area (Å²) in [5, 5.41) is 5.53. The van der Waals surface area contributed by atoms with Gasteiger partial charge in [-0.25, -0.2) is 14.5 Å². The summed E-state index contributed by atoms with van der Waals surface area (Å²) in [5.41, 5.74) is 12.5. The Bertz CT molecular complexity index is 1650. The van der Waals surface area contributed by atoms with Crippen molar-refractivity contribution < 1.29 is 0 Å². The van der Waals surface area contributed by atoms with Crippen LogP contribution in [-0.2, 0) is 5.54 Å². The average molecular weight is 475 g/mol. The van der Waals surface area contributed by atoms with Gasteiger partial charge in [-0.2, -0.15) is 4.98 Å². The number of benzene rings is 3. The quantitative estimate of drug-likeness (QED) is 0.335. The minimum absolute atomic E-state index is 0.183. The molecule has 1 aliphatic carbocycles. The lowest BCUT2D eigenvalue weighted by Crippen LogP contribution is -2.43. The Kier molecular flexibility index (Phi) is 4.55. The molecule has 6 nitrogen and oxygen atoms in total. The van der Waals surface area contributed by atoms with Crippen molar-refractivity contribution in [2.75, 3.05) is 0 Å². The second kappa shape index (κ2) is 7.80. The molecule has 0 spiro atoms. The molecule has 3 aromatic heterocycles. The maximum atomic E-state index is 6.55. The standard InChI is InChI=1S/C28H22N6S/c29-28(15-6-16-28)20-13-11-19(12-14-20)24-21(18-7-2-1-3-8-18)17-34-27(31-24)32-25(33-34)26-30-22-9-4-5-10-23(22)35-26/h1-5,7-14,17H,6,15-16,29H2. The van der Waals surface area contributed by atoms with Gasteiger partial charge in [0.25, 0.3) is 5.78 Å². The second-order valence-corrected chi connectivity index (χ2v) is 10.2. The first-order valence-electron chi connectivity index (χ1n) is 11.7. The molecule has 0 bridgehead atoms. The van der Waals surface area contributed by atoms with Crippen LogP contribution >= 0.6 is 11.3 Å². The molecule has 0 radical (unpaired) electrons. The molecule has 7 rings (SSSR count). The highest BCUT2D eigenvalue weighted by atomic mass is 32.1. The number of nitrogens with two attached hydrogens (primary N) is 1. The van der Waals surface area contributed by atoms with Crippen molar-refractivity contribution in [3.63, 3.8) is 0 Å². The molecule has 1 fully saturated rings. The number of aromatic nitrogens is 5. The summed E-state index contributed by atoms with van der Waals surface area (Å²) in [4.78, 5) is 14.5. The van der Waals surface area contributed by atoms with Crippen molar-refractivity contribution in [1.29, 1.82) is 0 Å². The molecule has 0 saturated heterocycles. The lowest BCUT2D eigenvalue weighted by molar-refractivity contribution is 0.253. The van der Waals surface area contributed by atoms with Crippen LogP contribution in [0.4, 0.5) is 0 Å². The van der Waals surface area contributed by atoms with Crippen molar-refractivity contribution in [3.8, 4) is 33.2 Å². The van der Waals surface area contributed by atoms with Gasteiger partial charge in [-0.1, -0.05) is 66.7 Å². The van der Waals surface area contributed by atoms with Gasteiger partial charge >= 0.3 is 0 Å². The third-order valence-electron chi connectivity index (χ3n) is 6.88. The van der Waals surface area contributed by atoms with Crippen molar-refractivity contribution in [2.24, 2.45) is 5.73 Å². The smallest absolute Gasteiger partial charge is 0.253 e. The van der Waals surface area contributed by atoms with Crippen LogP contribution in [0, 0.1) is 0 Å². The van der Waals surface area contributed by atoms with Crippen LogP contribution in [0.2, 0.25) is 0 Å². The van der Waals surface area contributed by atoms with Gasteiger partial charge in [-0.15, -0.1) is 16.4 Å². The number of fused-ring (bicyclic) bond motifs is 2. The molecule has 0 atom stereocenters. The van der Waals surface area contributed by atoms with E-state index in [1.54, 1.807) is 15.9 Å². The summed E-state index contributed by atoms with van der Waals surface area (Å²) in [5.74, 6) is 1.13. The zero-order chi connectivity index (χ0) is 23.4. The van der Waals surface area contributed by atoms with Crippen LogP contribution < -0.4 is 5.73 Å². The zero-order valence-electron chi connectivity index (χ0n) is 18.9. The third-order valence-corrected chi connectivity index (χ3v) is 7.91. The van der Waals surface area contributed by atoms with Crippen molar-refractivity contribution in [3.05, 3.63) is 90.6 Å². The van der Waals surface area contributed by atoms with Gasteiger partial charge in [0.05, 0.1) is 15.9 Å². The van der Waals surface area contributed by atoms with Crippen LogP contribution in [-0.4, -0.2) is 24.6 Å². The van der Waals surface area contributed by atoms with Crippen LogP contribution in [0.1, 0.15) is 24.8 Å². The molecule has 0 amide bonds. The van der Waals surface area contributed by atoms with Crippen LogP contribution in [0.15, 0.2) is 85.1 Å². The molecule has 35 heavy (non-hydrogen) atoms. The fourth-order valence-electron chi connectivity index (χ4n) is 4.74. The Morgan fingerprint density at radius 3 is 2.31 bits per heavy atom. The highest BCUT2D eigenvalue weighted by Gasteiger charge is 2.34. The topological polar surface area (TPSA) is 82.0 Å². The van der Waals surface area contributed by atoms with Crippen molar-refractivity contribution >= 4 is 27.3 Å². The molecule has 170 valence electrons. The molecule has 2 N–H and O–H groups in total. The summed E-state index contributed by atoms with van der Waals surface area (Å²) in [7, 11) is 0. The fraction of sp³-hybridized carbons (Fsp3) is 0.143. The van der Waals surface area contributed by atoms with E-state index in [1.165, 1.54) is 12.0 Å². The van der Waals surface area contributed by atoms with E-state index in [9.17, 15) is 0 Å². The van der Waals surface area contributed by atoms with E-state index in [1.807, 2.05) is 42.6 Å². The van der Waals surface area contributed by atoms with E-state index in [0.29, 0.717) is 11.6 Å². The largest absolute Gasteiger partial charge is 0.321 e. The van der Waals surface area contributed by atoms with Gasteiger partial charge in [0, 0.05) is 22.9 Å². The summed E-state index contributed by atoms with van der Waals surface area (Å²) in [6.07, 6.45) is 5.29. The normalized spacial score (nSPS) is 14.9.